The van der Waals surface area contributed by atoms with Crippen molar-refractivity contribution in [2.45, 2.75) is 38.5 Å². The number of carboxylic acid groups (broad SMARTS) is 1. The summed E-state index contributed by atoms with van der Waals surface area (Å²) in [6, 6.07) is 4.12. The number of carbonyl (C=O) groups is 3. The summed E-state index contributed by atoms with van der Waals surface area (Å²) in [7, 11) is 0. The third kappa shape index (κ3) is 4.36. The summed E-state index contributed by atoms with van der Waals surface area (Å²) in [5.41, 5.74) is 2.17. The number of nitrogens with one attached hydrogen (secondary N) is 1. The van der Waals surface area contributed by atoms with Crippen LogP contribution in [-0.2, 0) is 27.2 Å². The summed E-state index contributed by atoms with van der Waals surface area (Å²) < 4.78 is 0. The lowest BCUT2D eigenvalue weighted by Crippen LogP contribution is -2.54. The first kappa shape index (κ1) is 19.7. The normalized spacial score (nSPS) is 23.8. The number of rotatable bonds is 5. The number of carboxylic acids is 1. The Morgan fingerprint density at radius 3 is 2.93 bits per heavy atom. The average Bonchev–Trinajstić information content (AvgIpc) is 2.73. The van der Waals surface area contributed by atoms with E-state index in [0.717, 1.165) is 37.3 Å². The molecule has 4 heterocycles. The number of anilines is 1. The van der Waals surface area contributed by atoms with Crippen LogP contribution in [-0.4, -0.2) is 70.4 Å². The molecular formula is C21H28N4O4. The van der Waals surface area contributed by atoms with E-state index in [4.69, 9.17) is 5.11 Å². The summed E-state index contributed by atoms with van der Waals surface area (Å²) in [5.74, 6) is -0.00116. The Bertz CT molecular complexity index is 812. The molecule has 2 N–H and O–H groups in total. The van der Waals surface area contributed by atoms with Gasteiger partial charge in [0.25, 0.3) is 0 Å². The van der Waals surface area contributed by atoms with Gasteiger partial charge in [0.2, 0.25) is 11.8 Å². The molecule has 1 aromatic rings. The van der Waals surface area contributed by atoms with Gasteiger partial charge in [-0.3, -0.25) is 14.4 Å². The summed E-state index contributed by atoms with van der Waals surface area (Å²) in [5, 5.41) is 12.3. The number of aromatic nitrogens is 1. The van der Waals surface area contributed by atoms with Crippen LogP contribution in [0.25, 0.3) is 0 Å². The highest BCUT2D eigenvalue weighted by atomic mass is 16.4. The quantitative estimate of drug-likeness (QED) is 0.769. The van der Waals surface area contributed by atoms with E-state index < -0.39 is 5.97 Å². The Hall–Kier alpha value is -2.64. The zero-order valence-corrected chi connectivity index (χ0v) is 16.6. The third-order valence-corrected chi connectivity index (χ3v) is 6.36. The first-order valence-corrected chi connectivity index (χ1v) is 10.5. The zero-order valence-electron chi connectivity index (χ0n) is 16.6. The fourth-order valence-corrected chi connectivity index (χ4v) is 4.76. The van der Waals surface area contributed by atoms with Crippen LogP contribution < -0.4 is 5.32 Å². The van der Waals surface area contributed by atoms with Gasteiger partial charge in [-0.15, -0.1) is 0 Å². The van der Waals surface area contributed by atoms with Gasteiger partial charge < -0.3 is 20.2 Å². The van der Waals surface area contributed by atoms with E-state index in [2.05, 4.69) is 16.4 Å². The maximum atomic E-state index is 12.7. The van der Waals surface area contributed by atoms with Crippen LogP contribution in [0.3, 0.4) is 0 Å². The van der Waals surface area contributed by atoms with Crippen LogP contribution in [0, 0.1) is 11.8 Å². The number of likely N-dealkylation sites (tertiary alicyclic amines) is 2. The van der Waals surface area contributed by atoms with Crippen molar-refractivity contribution in [3.8, 4) is 0 Å². The van der Waals surface area contributed by atoms with Gasteiger partial charge in [-0.25, -0.2) is 4.98 Å². The molecule has 2 saturated heterocycles. The Morgan fingerprint density at radius 1 is 1.24 bits per heavy atom. The highest BCUT2D eigenvalue weighted by molar-refractivity contribution is 5.84. The first-order valence-electron chi connectivity index (χ1n) is 10.5. The molecule has 4 rings (SSSR count). The summed E-state index contributed by atoms with van der Waals surface area (Å²) >= 11 is 0. The Labute approximate surface area is 170 Å². The molecule has 1 aromatic heterocycles. The van der Waals surface area contributed by atoms with Crippen molar-refractivity contribution >= 4 is 23.6 Å². The van der Waals surface area contributed by atoms with E-state index in [-0.39, 0.29) is 30.2 Å². The number of piperidine rings is 2. The van der Waals surface area contributed by atoms with E-state index in [1.165, 1.54) is 10.5 Å². The molecule has 3 aliphatic heterocycles. The van der Waals surface area contributed by atoms with Gasteiger partial charge in [0.15, 0.2) is 0 Å². The maximum absolute atomic E-state index is 12.7. The van der Waals surface area contributed by atoms with Gasteiger partial charge in [0.05, 0.1) is 0 Å². The van der Waals surface area contributed by atoms with Crippen molar-refractivity contribution in [2.24, 2.45) is 11.8 Å². The summed E-state index contributed by atoms with van der Waals surface area (Å²) in [6.45, 7) is 2.33. The predicted octanol–water partition coefficient (Wildman–Crippen LogP) is 1.15. The topological polar surface area (TPSA) is 103 Å². The highest BCUT2D eigenvalue weighted by Crippen LogP contribution is 2.32. The molecule has 29 heavy (non-hydrogen) atoms. The molecule has 0 aliphatic carbocycles. The van der Waals surface area contributed by atoms with Crippen molar-refractivity contribution in [2.75, 3.05) is 38.0 Å². The number of hydrogen-bond donors (Lipinski definition) is 2. The van der Waals surface area contributed by atoms with E-state index in [0.29, 0.717) is 38.9 Å². The van der Waals surface area contributed by atoms with E-state index in [1.807, 2.05) is 11.0 Å². The second-order valence-electron chi connectivity index (χ2n) is 8.28. The van der Waals surface area contributed by atoms with Crippen molar-refractivity contribution in [1.29, 1.82) is 0 Å². The number of nitrogens with zero attached hydrogens (tertiary/aromatic N) is 3. The van der Waals surface area contributed by atoms with E-state index in [9.17, 15) is 14.4 Å². The fraction of sp³-hybridized carbons (Fsp3) is 0.619. The molecular weight excluding hydrogens is 372 g/mol. The maximum Gasteiger partial charge on any atom is 0.323 e. The van der Waals surface area contributed by atoms with Gasteiger partial charge in [-0.2, -0.15) is 0 Å². The number of aliphatic carboxylic acids is 1. The molecule has 156 valence electrons. The van der Waals surface area contributed by atoms with Gasteiger partial charge in [-0.05, 0) is 49.7 Å². The fourth-order valence-electron chi connectivity index (χ4n) is 4.76. The van der Waals surface area contributed by atoms with Crippen LogP contribution in [0.5, 0.6) is 0 Å². The van der Waals surface area contributed by atoms with Crippen molar-refractivity contribution < 1.29 is 19.5 Å². The largest absolute Gasteiger partial charge is 0.480 e. The molecule has 0 spiro atoms. The SMILES string of the molecule is O=C(O)CN1CC[C@@H]2CN(C(=O)CCc3ccc4c(n3)NCCC4)CC[C@@H]2C1=O. The van der Waals surface area contributed by atoms with Crippen LogP contribution in [0.4, 0.5) is 5.82 Å². The molecule has 2 fully saturated rings. The second kappa shape index (κ2) is 8.39. The number of pyridine rings is 1. The van der Waals surface area contributed by atoms with Gasteiger partial charge >= 0.3 is 5.97 Å². The smallest absolute Gasteiger partial charge is 0.323 e. The predicted molar refractivity (Wildman–Crippen MR) is 106 cm³/mol. The lowest BCUT2D eigenvalue weighted by molar-refractivity contribution is -0.153. The summed E-state index contributed by atoms with van der Waals surface area (Å²) in [6.07, 6.45) is 4.58. The first-order chi connectivity index (χ1) is 14.0. The second-order valence-corrected chi connectivity index (χ2v) is 8.28. The lowest BCUT2D eigenvalue weighted by Gasteiger charge is -2.43. The van der Waals surface area contributed by atoms with Crippen molar-refractivity contribution in [3.05, 3.63) is 23.4 Å². The average molecular weight is 400 g/mol. The Balaban J connectivity index is 1.30. The van der Waals surface area contributed by atoms with Crippen molar-refractivity contribution in [1.82, 2.24) is 14.8 Å². The lowest BCUT2D eigenvalue weighted by atomic mass is 9.79. The minimum Gasteiger partial charge on any atom is -0.480 e. The third-order valence-electron chi connectivity index (χ3n) is 6.36. The summed E-state index contributed by atoms with van der Waals surface area (Å²) in [4.78, 5) is 44.2. The number of hydrogen-bond acceptors (Lipinski definition) is 5. The highest BCUT2D eigenvalue weighted by Gasteiger charge is 2.41. The molecule has 0 unspecified atom stereocenters. The number of amides is 2. The minimum absolute atomic E-state index is 0.0680. The molecule has 0 saturated carbocycles. The molecule has 0 radical (unpaired) electrons. The molecule has 8 nitrogen and oxygen atoms in total. The number of fused-ring (bicyclic) bond motifs is 2. The number of aryl methyl sites for hydroxylation is 2. The molecule has 0 bridgehead atoms. The molecule has 2 amide bonds. The van der Waals surface area contributed by atoms with E-state index >= 15 is 0 Å². The van der Waals surface area contributed by atoms with Crippen LogP contribution in [0.2, 0.25) is 0 Å². The number of carbonyl (C=O) groups excluding carboxylic acids is 2. The van der Waals surface area contributed by atoms with Gasteiger partial charge in [0, 0.05) is 44.2 Å². The Morgan fingerprint density at radius 2 is 2.10 bits per heavy atom. The van der Waals surface area contributed by atoms with Gasteiger partial charge in [0.1, 0.15) is 12.4 Å². The Kier molecular flexibility index (Phi) is 5.69. The van der Waals surface area contributed by atoms with Gasteiger partial charge in [-0.1, -0.05) is 6.07 Å². The molecule has 8 heteroatoms. The van der Waals surface area contributed by atoms with Crippen LogP contribution in [0.15, 0.2) is 12.1 Å². The van der Waals surface area contributed by atoms with Crippen LogP contribution >= 0.6 is 0 Å². The zero-order chi connectivity index (χ0) is 20.4. The molecule has 0 aromatic carbocycles. The van der Waals surface area contributed by atoms with Crippen LogP contribution in [0.1, 0.15) is 36.9 Å². The monoisotopic (exact) mass is 400 g/mol. The minimum atomic E-state index is -0.976. The molecule has 3 aliphatic rings. The standard InChI is InChI=1S/C21H28N4O4/c26-18(6-5-16-4-3-14-2-1-9-22-20(14)23-16)24-11-8-17-15(12-24)7-10-25(21(17)29)13-19(27)28/h3-4,15,17H,1-2,5-13H2,(H,22,23)(H,27,28)/t15-,17+/m1/s1. The van der Waals surface area contributed by atoms with Crippen molar-refractivity contribution in [3.63, 3.8) is 0 Å². The van der Waals surface area contributed by atoms with E-state index in [1.54, 1.807) is 0 Å². The molecule has 2 atom stereocenters.